The number of hydrogen-bond donors (Lipinski definition) is 2. The zero-order valence-electron chi connectivity index (χ0n) is 10.4. The van der Waals surface area contributed by atoms with E-state index in [1.807, 2.05) is 38.1 Å². The summed E-state index contributed by atoms with van der Waals surface area (Å²) in [5, 5.41) is 5.99. The van der Waals surface area contributed by atoms with E-state index >= 15 is 0 Å². The van der Waals surface area contributed by atoms with E-state index in [0.29, 0.717) is 6.61 Å². The van der Waals surface area contributed by atoms with Crippen molar-refractivity contribution >= 4 is 5.91 Å². The number of rotatable bonds is 3. The molecule has 0 saturated carbocycles. The highest BCUT2D eigenvalue weighted by Crippen LogP contribution is 2.31. The normalized spacial score (nSPS) is 18.4. The standard InChI is InChI=1S/C13H18N2O2/c1-13(2,14-3)12(16)15-10-8-17-11-7-5-4-6-9(10)11/h4-7,10,14H,8H2,1-3H3,(H,15,16). The largest absolute Gasteiger partial charge is 0.491 e. The molecule has 1 aromatic carbocycles. The fourth-order valence-corrected chi connectivity index (χ4v) is 1.73. The van der Waals surface area contributed by atoms with Crippen molar-refractivity contribution in [2.75, 3.05) is 13.7 Å². The Morgan fingerprint density at radius 2 is 2.12 bits per heavy atom. The summed E-state index contributed by atoms with van der Waals surface area (Å²) in [5.74, 6) is 0.838. The number of carbonyl (C=O) groups is 1. The predicted molar refractivity (Wildman–Crippen MR) is 66.0 cm³/mol. The summed E-state index contributed by atoms with van der Waals surface area (Å²) in [4.78, 5) is 12.0. The van der Waals surface area contributed by atoms with Gasteiger partial charge in [-0.3, -0.25) is 4.79 Å². The Bertz CT molecular complexity index is 429. The van der Waals surface area contributed by atoms with Crippen molar-refractivity contribution in [2.24, 2.45) is 0 Å². The minimum absolute atomic E-state index is 0.0229. The van der Waals surface area contributed by atoms with Gasteiger partial charge >= 0.3 is 0 Å². The Morgan fingerprint density at radius 1 is 1.41 bits per heavy atom. The van der Waals surface area contributed by atoms with Gasteiger partial charge in [-0.05, 0) is 27.0 Å². The maximum atomic E-state index is 12.0. The average molecular weight is 234 g/mol. The van der Waals surface area contributed by atoms with Crippen LogP contribution in [0.5, 0.6) is 5.75 Å². The van der Waals surface area contributed by atoms with Gasteiger partial charge in [-0.1, -0.05) is 18.2 Å². The third-order valence-electron chi connectivity index (χ3n) is 3.20. The summed E-state index contributed by atoms with van der Waals surface area (Å²) in [6, 6.07) is 7.74. The highest BCUT2D eigenvalue weighted by atomic mass is 16.5. The summed E-state index contributed by atoms with van der Waals surface area (Å²) in [7, 11) is 1.78. The first-order valence-electron chi connectivity index (χ1n) is 5.76. The Balaban J connectivity index is 2.10. The van der Waals surface area contributed by atoms with E-state index in [1.54, 1.807) is 7.05 Å². The molecule has 0 fully saturated rings. The third kappa shape index (κ3) is 2.26. The molecule has 17 heavy (non-hydrogen) atoms. The number of ether oxygens (including phenoxy) is 1. The van der Waals surface area contributed by atoms with Gasteiger partial charge in [0.15, 0.2) is 0 Å². The molecule has 1 amide bonds. The molecular weight excluding hydrogens is 216 g/mol. The van der Waals surface area contributed by atoms with Crippen molar-refractivity contribution in [1.82, 2.24) is 10.6 Å². The lowest BCUT2D eigenvalue weighted by Gasteiger charge is -2.24. The maximum Gasteiger partial charge on any atom is 0.240 e. The molecule has 1 atom stereocenters. The second-order valence-corrected chi connectivity index (χ2v) is 4.75. The number of para-hydroxylation sites is 1. The van der Waals surface area contributed by atoms with Gasteiger partial charge in [0.1, 0.15) is 12.4 Å². The lowest BCUT2D eigenvalue weighted by atomic mass is 10.0. The van der Waals surface area contributed by atoms with Crippen LogP contribution in [0.4, 0.5) is 0 Å². The molecule has 2 rings (SSSR count). The van der Waals surface area contributed by atoms with Crippen LogP contribution in [0.25, 0.3) is 0 Å². The van der Waals surface area contributed by atoms with Crippen LogP contribution in [-0.4, -0.2) is 25.1 Å². The first kappa shape index (κ1) is 11.9. The molecule has 4 nitrogen and oxygen atoms in total. The Labute approximate surface area is 101 Å². The number of hydrogen-bond acceptors (Lipinski definition) is 3. The van der Waals surface area contributed by atoms with Crippen molar-refractivity contribution < 1.29 is 9.53 Å². The smallest absolute Gasteiger partial charge is 0.240 e. The van der Waals surface area contributed by atoms with E-state index in [1.165, 1.54) is 0 Å². The molecule has 0 saturated heterocycles. The number of amides is 1. The van der Waals surface area contributed by atoms with Crippen LogP contribution < -0.4 is 15.4 Å². The summed E-state index contributed by atoms with van der Waals surface area (Å²) in [6.07, 6.45) is 0. The third-order valence-corrected chi connectivity index (χ3v) is 3.20. The molecule has 1 heterocycles. The summed E-state index contributed by atoms with van der Waals surface area (Å²) in [6.45, 7) is 4.21. The zero-order valence-corrected chi connectivity index (χ0v) is 10.4. The highest BCUT2D eigenvalue weighted by molar-refractivity contribution is 5.85. The van der Waals surface area contributed by atoms with Crippen molar-refractivity contribution in [2.45, 2.75) is 25.4 Å². The van der Waals surface area contributed by atoms with Crippen LogP contribution in [0.3, 0.4) is 0 Å². The SMILES string of the molecule is CNC(C)(C)C(=O)NC1COc2ccccc21. The number of fused-ring (bicyclic) bond motifs is 1. The lowest BCUT2D eigenvalue weighted by molar-refractivity contribution is -0.127. The van der Waals surface area contributed by atoms with Gasteiger partial charge in [-0.25, -0.2) is 0 Å². The van der Waals surface area contributed by atoms with Gasteiger partial charge in [0, 0.05) is 5.56 Å². The fraction of sp³-hybridized carbons (Fsp3) is 0.462. The van der Waals surface area contributed by atoms with Gasteiger partial charge in [0.05, 0.1) is 11.6 Å². The summed E-state index contributed by atoms with van der Waals surface area (Å²) < 4.78 is 5.52. The van der Waals surface area contributed by atoms with Crippen molar-refractivity contribution in [3.05, 3.63) is 29.8 Å². The highest BCUT2D eigenvalue weighted by Gasteiger charge is 2.31. The molecule has 1 aliphatic rings. The van der Waals surface area contributed by atoms with Crippen molar-refractivity contribution in [3.8, 4) is 5.75 Å². The number of benzene rings is 1. The molecule has 0 spiro atoms. The van der Waals surface area contributed by atoms with Gasteiger partial charge in [-0.15, -0.1) is 0 Å². The molecule has 2 N–H and O–H groups in total. The lowest BCUT2D eigenvalue weighted by Crippen LogP contribution is -2.52. The summed E-state index contributed by atoms with van der Waals surface area (Å²) in [5.41, 5.74) is 0.477. The van der Waals surface area contributed by atoms with Crippen LogP contribution in [0.2, 0.25) is 0 Å². The summed E-state index contributed by atoms with van der Waals surface area (Å²) >= 11 is 0. The molecule has 0 bridgehead atoms. The Hall–Kier alpha value is -1.55. The van der Waals surface area contributed by atoms with E-state index in [4.69, 9.17) is 4.74 Å². The monoisotopic (exact) mass is 234 g/mol. The zero-order chi connectivity index (χ0) is 12.5. The number of likely N-dealkylation sites (N-methyl/N-ethyl adjacent to an activating group) is 1. The first-order chi connectivity index (χ1) is 8.04. The van der Waals surface area contributed by atoms with Crippen LogP contribution >= 0.6 is 0 Å². The minimum atomic E-state index is -0.572. The van der Waals surface area contributed by atoms with Crippen molar-refractivity contribution in [1.29, 1.82) is 0 Å². The topological polar surface area (TPSA) is 50.4 Å². The van der Waals surface area contributed by atoms with Crippen LogP contribution in [0, 0.1) is 0 Å². The molecule has 0 aliphatic carbocycles. The van der Waals surface area contributed by atoms with E-state index in [0.717, 1.165) is 11.3 Å². The Morgan fingerprint density at radius 3 is 2.82 bits per heavy atom. The van der Waals surface area contributed by atoms with Crippen LogP contribution in [0.1, 0.15) is 25.5 Å². The van der Waals surface area contributed by atoms with E-state index in [9.17, 15) is 4.79 Å². The van der Waals surface area contributed by atoms with Gasteiger partial charge in [0.2, 0.25) is 5.91 Å². The van der Waals surface area contributed by atoms with E-state index in [2.05, 4.69) is 10.6 Å². The molecular formula is C13H18N2O2. The molecule has 0 aromatic heterocycles. The maximum absolute atomic E-state index is 12.0. The molecule has 0 radical (unpaired) electrons. The van der Waals surface area contributed by atoms with E-state index in [-0.39, 0.29) is 11.9 Å². The predicted octanol–water partition coefficient (Wildman–Crippen LogP) is 1.23. The molecule has 4 heteroatoms. The fourth-order valence-electron chi connectivity index (χ4n) is 1.73. The first-order valence-corrected chi connectivity index (χ1v) is 5.76. The van der Waals surface area contributed by atoms with Gasteiger partial charge < -0.3 is 15.4 Å². The average Bonchev–Trinajstić information content (AvgIpc) is 2.73. The number of carbonyl (C=O) groups excluding carboxylic acids is 1. The van der Waals surface area contributed by atoms with Gasteiger partial charge in [-0.2, -0.15) is 0 Å². The molecule has 1 aromatic rings. The minimum Gasteiger partial charge on any atom is -0.491 e. The molecule has 92 valence electrons. The van der Waals surface area contributed by atoms with Crippen LogP contribution in [-0.2, 0) is 4.79 Å². The number of nitrogens with one attached hydrogen (secondary N) is 2. The van der Waals surface area contributed by atoms with Gasteiger partial charge in [0.25, 0.3) is 0 Å². The molecule has 1 aliphatic heterocycles. The van der Waals surface area contributed by atoms with Crippen molar-refractivity contribution in [3.63, 3.8) is 0 Å². The quantitative estimate of drug-likeness (QED) is 0.827. The second-order valence-electron chi connectivity index (χ2n) is 4.75. The van der Waals surface area contributed by atoms with E-state index < -0.39 is 5.54 Å². The van der Waals surface area contributed by atoms with Crippen LogP contribution in [0.15, 0.2) is 24.3 Å². The molecule has 1 unspecified atom stereocenters. The second kappa shape index (κ2) is 4.37. The Kier molecular flexibility index (Phi) is 3.07.